The number of nitrogens with zero attached hydrogens (tertiary/aromatic N) is 1. The van der Waals surface area contributed by atoms with Crippen LogP contribution in [0.4, 0.5) is 11.5 Å². The van der Waals surface area contributed by atoms with Gasteiger partial charge in [0.05, 0.1) is 10.9 Å². The lowest BCUT2D eigenvalue weighted by molar-refractivity contribution is -0.124. The highest BCUT2D eigenvalue weighted by molar-refractivity contribution is 8.01. The van der Waals surface area contributed by atoms with Crippen LogP contribution in [0.2, 0.25) is 0 Å². The summed E-state index contributed by atoms with van der Waals surface area (Å²) in [5, 5.41) is 7.65. The minimum absolute atomic E-state index is 0.0622. The lowest BCUT2D eigenvalue weighted by atomic mass is 10.2. The van der Waals surface area contributed by atoms with Gasteiger partial charge in [0.2, 0.25) is 17.7 Å². The Morgan fingerprint density at radius 3 is 2.73 bits per heavy atom. The van der Waals surface area contributed by atoms with E-state index in [9.17, 15) is 14.4 Å². The van der Waals surface area contributed by atoms with Gasteiger partial charge in [0.1, 0.15) is 5.82 Å². The van der Waals surface area contributed by atoms with Crippen molar-refractivity contribution in [3.8, 4) is 0 Å². The highest BCUT2D eigenvalue weighted by Crippen LogP contribution is 2.36. The molecule has 0 radical (unpaired) electrons. The molecule has 0 spiro atoms. The molecule has 8 heteroatoms. The summed E-state index contributed by atoms with van der Waals surface area (Å²) in [5.74, 6) is -0.208. The van der Waals surface area contributed by atoms with Gasteiger partial charge in [-0.25, -0.2) is 4.98 Å². The monoisotopic (exact) mass is 370 g/mol. The maximum absolute atomic E-state index is 12.1. The number of carbonyl (C=O) groups excluding carboxylic acids is 3. The van der Waals surface area contributed by atoms with Crippen molar-refractivity contribution in [2.75, 3.05) is 17.2 Å². The molecule has 1 aromatic carbocycles. The lowest BCUT2D eigenvalue weighted by Crippen LogP contribution is -2.35. The molecule has 1 atom stereocenters. The number of thioether (sulfide) groups is 1. The van der Waals surface area contributed by atoms with Crippen molar-refractivity contribution in [2.45, 2.75) is 23.0 Å². The van der Waals surface area contributed by atoms with Gasteiger partial charge in [-0.05, 0) is 24.3 Å². The molecule has 2 aromatic rings. The Balaban J connectivity index is 1.42. The summed E-state index contributed by atoms with van der Waals surface area (Å²) < 4.78 is 0. The number of para-hydroxylation sites is 1. The molecule has 134 valence electrons. The first-order valence-corrected chi connectivity index (χ1v) is 9.04. The van der Waals surface area contributed by atoms with Crippen molar-refractivity contribution in [1.29, 1.82) is 0 Å². The molecule has 0 saturated heterocycles. The van der Waals surface area contributed by atoms with Gasteiger partial charge in [-0.3, -0.25) is 14.4 Å². The molecule has 0 fully saturated rings. The molecule has 7 nitrogen and oxygen atoms in total. The minimum Gasteiger partial charge on any atom is -0.356 e. The highest BCUT2D eigenvalue weighted by Gasteiger charge is 2.28. The molecule has 1 aliphatic heterocycles. The predicted octanol–water partition coefficient (Wildman–Crippen LogP) is 2.03. The van der Waals surface area contributed by atoms with Gasteiger partial charge in [0, 0.05) is 30.5 Å². The third-order valence-electron chi connectivity index (χ3n) is 3.68. The van der Waals surface area contributed by atoms with E-state index in [0.29, 0.717) is 5.82 Å². The SMILES string of the molecule is O=C(CC1Sc2ccccc2NC1=O)NCCC(=O)Nc1ccccn1. The van der Waals surface area contributed by atoms with E-state index in [2.05, 4.69) is 20.9 Å². The van der Waals surface area contributed by atoms with Crippen LogP contribution in [-0.4, -0.2) is 34.5 Å². The third-order valence-corrected chi connectivity index (χ3v) is 4.96. The number of hydrogen-bond acceptors (Lipinski definition) is 5. The average molecular weight is 370 g/mol. The molecule has 1 aliphatic rings. The Labute approximate surface area is 155 Å². The zero-order chi connectivity index (χ0) is 18.4. The van der Waals surface area contributed by atoms with Gasteiger partial charge in [-0.15, -0.1) is 11.8 Å². The number of carbonyl (C=O) groups is 3. The van der Waals surface area contributed by atoms with Crippen LogP contribution in [0.1, 0.15) is 12.8 Å². The van der Waals surface area contributed by atoms with E-state index in [1.54, 1.807) is 24.4 Å². The first kappa shape index (κ1) is 17.9. The summed E-state index contributed by atoms with van der Waals surface area (Å²) in [4.78, 5) is 40.9. The van der Waals surface area contributed by atoms with E-state index in [1.165, 1.54) is 11.8 Å². The van der Waals surface area contributed by atoms with Gasteiger partial charge < -0.3 is 16.0 Å². The molecule has 3 rings (SSSR count). The molecule has 0 saturated carbocycles. The molecule has 0 bridgehead atoms. The Bertz CT molecular complexity index is 813. The quantitative estimate of drug-likeness (QED) is 0.722. The van der Waals surface area contributed by atoms with Crippen molar-refractivity contribution in [3.05, 3.63) is 48.7 Å². The summed E-state index contributed by atoms with van der Waals surface area (Å²) in [7, 11) is 0. The molecule has 2 heterocycles. The maximum atomic E-state index is 12.1. The van der Waals surface area contributed by atoms with E-state index >= 15 is 0 Å². The van der Waals surface area contributed by atoms with Crippen molar-refractivity contribution in [2.24, 2.45) is 0 Å². The number of hydrogen-bond donors (Lipinski definition) is 3. The topological polar surface area (TPSA) is 100 Å². The van der Waals surface area contributed by atoms with Crippen LogP contribution in [0, 0.1) is 0 Å². The van der Waals surface area contributed by atoms with Crippen molar-refractivity contribution in [1.82, 2.24) is 10.3 Å². The number of aromatic nitrogens is 1. The molecule has 26 heavy (non-hydrogen) atoms. The number of fused-ring (bicyclic) bond motifs is 1. The Kier molecular flexibility index (Phi) is 5.85. The Morgan fingerprint density at radius 2 is 1.92 bits per heavy atom. The van der Waals surface area contributed by atoms with E-state index in [4.69, 9.17) is 0 Å². The summed E-state index contributed by atoms with van der Waals surface area (Å²) in [6.07, 6.45) is 1.78. The predicted molar refractivity (Wildman–Crippen MR) is 99.8 cm³/mol. The number of rotatable bonds is 6. The largest absolute Gasteiger partial charge is 0.356 e. The first-order chi connectivity index (χ1) is 12.6. The van der Waals surface area contributed by atoms with E-state index in [-0.39, 0.29) is 37.1 Å². The van der Waals surface area contributed by atoms with E-state index in [0.717, 1.165) is 10.6 Å². The molecular weight excluding hydrogens is 352 g/mol. The summed E-state index contributed by atoms with van der Waals surface area (Å²) in [5.41, 5.74) is 0.769. The average Bonchev–Trinajstić information content (AvgIpc) is 2.63. The van der Waals surface area contributed by atoms with Crippen molar-refractivity contribution in [3.63, 3.8) is 0 Å². The molecular formula is C18H18N4O3S. The minimum atomic E-state index is -0.479. The normalized spacial score (nSPS) is 15.5. The fraction of sp³-hybridized carbons (Fsp3) is 0.222. The van der Waals surface area contributed by atoms with E-state index in [1.807, 2.05) is 24.3 Å². The first-order valence-electron chi connectivity index (χ1n) is 8.16. The fourth-order valence-corrected chi connectivity index (χ4v) is 3.54. The van der Waals surface area contributed by atoms with Crippen molar-refractivity contribution < 1.29 is 14.4 Å². The number of pyridine rings is 1. The lowest BCUT2D eigenvalue weighted by Gasteiger charge is -2.23. The van der Waals surface area contributed by atoms with E-state index < -0.39 is 5.25 Å². The van der Waals surface area contributed by atoms with Gasteiger partial charge >= 0.3 is 0 Å². The molecule has 3 amide bonds. The maximum Gasteiger partial charge on any atom is 0.238 e. The molecule has 1 aromatic heterocycles. The van der Waals surface area contributed by atoms with Gasteiger partial charge in [0.15, 0.2) is 0 Å². The van der Waals surface area contributed by atoms with Crippen LogP contribution in [0.5, 0.6) is 0 Å². The number of amides is 3. The van der Waals surface area contributed by atoms with Crippen molar-refractivity contribution >= 4 is 41.0 Å². The summed E-state index contributed by atoms with van der Waals surface area (Å²) >= 11 is 1.37. The second-order valence-electron chi connectivity index (χ2n) is 5.66. The fourth-order valence-electron chi connectivity index (χ4n) is 2.43. The molecule has 0 aliphatic carbocycles. The summed E-state index contributed by atoms with van der Waals surface area (Å²) in [6.45, 7) is 0.201. The zero-order valence-corrected chi connectivity index (χ0v) is 14.7. The third kappa shape index (κ3) is 4.82. The van der Waals surface area contributed by atoms with Crippen LogP contribution in [0.3, 0.4) is 0 Å². The molecule has 1 unspecified atom stereocenters. The van der Waals surface area contributed by atoms with Crippen LogP contribution >= 0.6 is 11.8 Å². The second-order valence-corrected chi connectivity index (χ2v) is 6.90. The molecule has 3 N–H and O–H groups in total. The van der Waals surface area contributed by atoms with Crippen LogP contribution < -0.4 is 16.0 Å². The Morgan fingerprint density at radius 1 is 1.12 bits per heavy atom. The van der Waals surface area contributed by atoms with Gasteiger partial charge in [-0.1, -0.05) is 18.2 Å². The van der Waals surface area contributed by atoms with Crippen LogP contribution in [0.25, 0.3) is 0 Å². The van der Waals surface area contributed by atoms with Gasteiger partial charge in [-0.2, -0.15) is 0 Å². The standard InChI is InChI=1S/C18H18N4O3S/c23-16(22-15-7-3-4-9-19-15)8-10-20-17(24)11-14-18(25)21-12-5-1-2-6-13(12)26-14/h1-7,9,14H,8,10-11H2,(H,20,24)(H,21,25)(H,19,22,23). The Hall–Kier alpha value is -2.87. The number of nitrogens with one attached hydrogen (secondary N) is 3. The summed E-state index contributed by atoms with van der Waals surface area (Å²) in [6, 6.07) is 12.7. The highest BCUT2D eigenvalue weighted by atomic mass is 32.2. The smallest absolute Gasteiger partial charge is 0.238 e. The van der Waals surface area contributed by atoms with Crippen LogP contribution in [0.15, 0.2) is 53.6 Å². The zero-order valence-electron chi connectivity index (χ0n) is 13.9. The second kappa shape index (κ2) is 8.48. The van der Waals surface area contributed by atoms with Crippen LogP contribution in [-0.2, 0) is 14.4 Å². The van der Waals surface area contributed by atoms with Gasteiger partial charge in [0.25, 0.3) is 0 Å². The number of benzene rings is 1. The number of anilines is 2.